The monoisotopic (exact) mass is 298 g/mol. The molecule has 0 radical (unpaired) electrons. The van der Waals surface area contributed by atoms with Crippen molar-refractivity contribution in [3.63, 3.8) is 0 Å². The Bertz CT molecular complexity index is 466. The highest BCUT2D eigenvalue weighted by Gasteiger charge is 2.14. The zero-order valence-corrected chi connectivity index (χ0v) is 12.7. The molecule has 0 heterocycles. The van der Waals surface area contributed by atoms with Crippen LogP contribution in [-0.4, -0.2) is 31.8 Å². The Balaban J connectivity index is 2.34. The van der Waals surface area contributed by atoms with E-state index in [0.717, 1.165) is 6.07 Å². The van der Waals surface area contributed by atoms with Crippen LogP contribution < -0.4 is 11.1 Å². The molecule has 0 saturated carbocycles. The van der Waals surface area contributed by atoms with E-state index in [-0.39, 0.29) is 11.6 Å². The lowest BCUT2D eigenvalue weighted by molar-refractivity contribution is -0.127. The molecule has 0 saturated heterocycles. The van der Waals surface area contributed by atoms with E-state index in [1.807, 2.05) is 0 Å². The van der Waals surface area contributed by atoms with Gasteiger partial charge >= 0.3 is 0 Å². The fraction of sp³-hybridized carbons (Fsp3) is 0.533. The fourth-order valence-electron chi connectivity index (χ4n) is 1.56. The third kappa shape index (κ3) is 6.55. The van der Waals surface area contributed by atoms with Gasteiger partial charge in [0.2, 0.25) is 0 Å². The molecule has 1 rings (SSSR count). The number of nitrogens with two attached hydrogens (primary N) is 1. The molecule has 5 nitrogen and oxygen atoms in total. The number of rotatable bonds is 8. The van der Waals surface area contributed by atoms with Crippen LogP contribution in [0.4, 0.5) is 15.8 Å². The van der Waals surface area contributed by atoms with Gasteiger partial charge in [-0.1, -0.05) is 13.8 Å². The standard InChI is InChI=1S/C15H23FN2O3/c1-10(2)9-20-6-7-21-11(3)15(19)18-14-5-4-12(16)8-13(14)17/h4-5,8,10-11H,6-7,9,17H2,1-3H3,(H,18,19). The summed E-state index contributed by atoms with van der Waals surface area (Å²) in [6, 6.07) is 3.80. The van der Waals surface area contributed by atoms with Crippen molar-refractivity contribution in [2.75, 3.05) is 30.9 Å². The van der Waals surface area contributed by atoms with Crippen LogP contribution in [0, 0.1) is 11.7 Å². The molecule has 3 N–H and O–H groups in total. The van der Waals surface area contributed by atoms with E-state index in [1.165, 1.54) is 12.1 Å². The highest BCUT2D eigenvalue weighted by Crippen LogP contribution is 2.19. The molecule has 21 heavy (non-hydrogen) atoms. The molecule has 1 aromatic rings. The molecule has 0 aliphatic carbocycles. The van der Waals surface area contributed by atoms with E-state index in [2.05, 4.69) is 19.2 Å². The Hall–Kier alpha value is -1.66. The highest BCUT2D eigenvalue weighted by atomic mass is 19.1. The van der Waals surface area contributed by atoms with Gasteiger partial charge in [0.1, 0.15) is 11.9 Å². The lowest BCUT2D eigenvalue weighted by atomic mass is 10.2. The summed E-state index contributed by atoms with van der Waals surface area (Å²) in [7, 11) is 0. The molecule has 0 bridgehead atoms. The summed E-state index contributed by atoms with van der Waals surface area (Å²) in [5.41, 5.74) is 6.17. The number of benzene rings is 1. The summed E-state index contributed by atoms with van der Waals surface area (Å²) in [5, 5.41) is 2.60. The summed E-state index contributed by atoms with van der Waals surface area (Å²) < 4.78 is 23.6. The first-order valence-corrected chi connectivity index (χ1v) is 6.95. The highest BCUT2D eigenvalue weighted by molar-refractivity contribution is 5.96. The smallest absolute Gasteiger partial charge is 0.253 e. The maximum atomic E-state index is 12.9. The quantitative estimate of drug-likeness (QED) is 0.571. The first-order chi connectivity index (χ1) is 9.90. The molecule has 6 heteroatoms. The van der Waals surface area contributed by atoms with Gasteiger partial charge in [0, 0.05) is 6.61 Å². The average Bonchev–Trinajstić information content (AvgIpc) is 2.40. The SMILES string of the molecule is CC(C)COCCOC(C)C(=O)Nc1ccc(F)cc1N. The molecule has 0 aliphatic heterocycles. The molecule has 1 aromatic carbocycles. The number of nitrogens with one attached hydrogen (secondary N) is 1. The molecule has 0 fully saturated rings. The van der Waals surface area contributed by atoms with E-state index < -0.39 is 11.9 Å². The van der Waals surface area contributed by atoms with Crippen LogP contribution in [0.3, 0.4) is 0 Å². The molecular formula is C15H23FN2O3. The Labute approximate surface area is 124 Å². The number of carbonyl (C=O) groups is 1. The number of halogens is 1. The minimum absolute atomic E-state index is 0.177. The predicted molar refractivity (Wildman–Crippen MR) is 80.5 cm³/mol. The van der Waals surface area contributed by atoms with Crippen molar-refractivity contribution in [1.82, 2.24) is 0 Å². The number of hydrogen-bond donors (Lipinski definition) is 2. The maximum absolute atomic E-state index is 12.9. The number of amides is 1. The van der Waals surface area contributed by atoms with E-state index in [4.69, 9.17) is 15.2 Å². The van der Waals surface area contributed by atoms with Gasteiger partial charge in [0.05, 0.1) is 24.6 Å². The van der Waals surface area contributed by atoms with Crippen molar-refractivity contribution in [2.45, 2.75) is 26.9 Å². The molecule has 1 atom stereocenters. The van der Waals surface area contributed by atoms with Gasteiger partial charge in [-0.25, -0.2) is 4.39 Å². The van der Waals surface area contributed by atoms with E-state index in [1.54, 1.807) is 6.92 Å². The lowest BCUT2D eigenvalue weighted by Gasteiger charge is -2.15. The summed E-state index contributed by atoms with van der Waals surface area (Å²) in [6.45, 7) is 7.19. The van der Waals surface area contributed by atoms with Gasteiger partial charge in [-0.2, -0.15) is 0 Å². The number of hydrogen-bond acceptors (Lipinski definition) is 4. The summed E-state index contributed by atoms with van der Waals surface area (Å²) in [5.74, 6) is -0.318. The molecule has 0 aliphatic rings. The van der Waals surface area contributed by atoms with E-state index in [0.29, 0.717) is 31.4 Å². The molecule has 118 valence electrons. The normalized spacial score (nSPS) is 12.4. The number of anilines is 2. The third-order valence-electron chi connectivity index (χ3n) is 2.69. The summed E-state index contributed by atoms with van der Waals surface area (Å²) in [6.07, 6.45) is -0.642. The second-order valence-corrected chi connectivity index (χ2v) is 5.20. The van der Waals surface area contributed by atoms with Crippen molar-refractivity contribution >= 4 is 17.3 Å². The Morgan fingerprint density at radius 2 is 2.05 bits per heavy atom. The molecular weight excluding hydrogens is 275 g/mol. The van der Waals surface area contributed by atoms with E-state index >= 15 is 0 Å². The van der Waals surface area contributed by atoms with Crippen molar-refractivity contribution in [2.24, 2.45) is 5.92 Å². The third-order valence-corrected chi connectivity index (χ3v) is 2.69. The van der Waals surface area contributed by atoms with Gasteiger partial charge in [-0.05, 0) is 31.0 Å². The number of carbonyl (C=O) groups excluding carboxylic acids is 1. The zero-order chi connectivity index (χ0) is 15.8. The Morgan fingerprint density at radius 3 is 2.67 bits per heavy atom. The van der Waals surface area contributed by atoms with Gasteiger partial charge in [0.25, 0.3) is 5.91 Å². The molecule has 1 unspecified atom stereocenters. The second kappa shape index (κ2) is 8.59. The second-order valence-electron chi connectivity index (χ2n) is 5.20. The van der Waals surface area contributed by atoms with Crippen LogP contribution in [0.15, 0.2) is 18.2 Å². The predicted octanol–water partition coefficient (Wildman–Crippen LogP) is 2.42. The van der Waals surface area contributed by atoms with Crippen LogP contribution in [0.2, 0.25) is 0 Å². The topological polar surface area (TPSA) is 73.6 Å². The summed E-state index contributed by atoms with van der Waals surface area (Å²) >= 11 is 0. The van der Waals surface area contributed by atoms with Crippen molar-refractivity contribution in [1.29, 1.82) is 0 Å². The molecule has 1 amide bonds. The first kappa shape index (κ1) is 17.4. The number of nitrogen functional groups attached to an aromatic ring is 1. The minimum Gasteiger partial charge on any atom is -0.397 e. The van der Waals surface area contributed by atoms with Crippen molar-refractivity contribution < 1.29 is 18.7 Å². The van der Waals surface area contributed by atoms with Crippen molar-refractivity contribution in [3.8, 4) is 0 Å². The van der Waals surface area contributed by atoms with Gasteiger partial charge < -0.3 is 20.5 Å². The zero-order valence-electron chi connectivity index (χ0n) is 12.7. The average molecular weight is 298 g/mol. The van der Waals surface area contributed by atoms with Crippen molar-refractivity contribution in [3.05, 3.63) is 24.0 Å². The largest absolute Gasteiger partial charge is 0.397 e. The maximum Gasteiger partial charge on any atom is 0.253 e. The van der Waals surface area contributed by atoms with Crippen LogP contribution in [0.5, 0.6) is 0 Å². The van der Waals surface area contributed by atoms with Gasteiger partial charge in [-0.3, -0.25) is 4.79 Å². The Kier molecular flexibility index (Phi) is 7.11. The van der Waals surface area contributed by atoms with Crippen LogP contribution in [0.25, 0.3) is 0 Å². The van der Waals surface area contributed by atoms with Crippen LogP contribution in [0.1, 0.15) is 20.8 Å². The number of ether oxygens (including phenoxy) is 2. The first-order valence-electron chi connectivity index (χ1n) is 6.95. The summed E-state index contributed by atoms with van der Waals surface area (Å²) in [4.78, 5) is 11.9. The minimum atomic E-state index is -0.642. The Morgan fingerprint density at radius 1 is 1.33 bits per heavy atom. The molecule has 0 aromatic heterocycles. The van der Waals surface area contributed by atoms with Gasteiger partial charge in [0.15, 0.2) is 0 Å². The van der Waals surface area contributed by atoms with Crippen LogP contribution >= 0.6 is 0 Å². The fourth-order valence-corrected chi connectivity index (χ4v) is 1.56. The van der Waals surface area contributed by atoms with Crippen LogP contribution in [-0.2, 0) is 14.3 Å². The lowest BCUT2D eigenvalue weighted by Crippen LogP contribution is -2.29. The van der Waals surface area contributed by atoms with Gasteiger partial charge in [-0.15, -0.1) is 0 Å². The van der Waals surface area contributed by atoms with E-state index in [9.17, 15) is 9.18 Å². The molecule has 0 spiro atoms.